The lowest BCUT2D eigenvalue weighted by Crippen LogP contribution is -2.36. The van der Waals surface area contributed by atoms with E-state index in [9.17, 15) is 9.90 Å². The maximum Gasteiger partial charge on any atom is 0.213 e. The molecule has 0 spiro atoms. The Morgan fingerprint density at radius 3 is 2.70 bits per heavy atom. The van der Waals surface area contributed by atoms with Gasteiger partial charge in [-0.25, -0.2) is 15.0 Å². The summed E-state index contributed by atoms with van der Waals surface area (Å²) in [7, 11) is 0. The largest absolute Gasteiger partial charge is 0.477 e. The van der Waals surface area contributed by atoms with Crippen LogP contribution in [-0.2, 0) is 11.3 Å². The van der Waals surface area contributed by atoms with Crippen LogP contribution in [0, 0.1) is 0 Å². The second kappa shape index (κ2) is 14.1. The zero-order valence-corrected chi connectivity index (χ0v) is 19.8. The first-order valence-electron chi connectivity index (χ1n) is 11.5. The number of carbonyl (C=O) groups is 1. The van der Waals surface area contributed by atoms with E-state index in [0.717, 1.165) is 42.6 Å². The maximum atomic E-state index is 10.4. The molecule has 180 valence electrons. The smallest absolute Gasteiger partial charge is 0.213 e. The third kappa shape index (κ3) is 7.71. The first-order valence-corrected chi connectivity index (χ1v) is 11.5. The molecule has 2 heterocycles. The molecule has 1 atom stereocenters. The van der Waals surface area contributed by atoms with Crippen molar-refractivity contribution in [3.05, 3.63) is 42.0 Å². The van der Waals surface area contributed by atoms with Gasteiger partial charge in [-0.2, -0.15) is 0 Å². The molecule has 0 aliphatic heterocycles. The maximum absolute atomic E-state index is 10.4. The van der Waals surface area contributed by atoms with Gasteiger partial charge in [-0.05, 0) is 31.7 Å². The van der Waals surface area contributed by atoms with Crippen molar-refractivity contribution in [3.63, 3.8) is 0 Å². The average Bonchev–Trinajstić information content (AvgIpc) is 2.84. The number of rotatable bonds is 15. The number of carbonyl (C=O) groups excluding carboxylic acids is 1. The summed E-state index contributed by atoms with van der Waals surface area (Å²) in [6.07, 6.45) is 6.73. The highest BCUT2D eigenvalue weighted by Gasteiger charge is 2.19. The third-order valence-electron chi connectivity index (χ3n) is 5.35. The van der Waals surface area contributed by atoms with Gasteiger partial charge < -0.3 is 30.6 Å². The summed E-state index contributed by atoms with van der Waals surface area (Å²) in [5.41, 5.74) is 7.66. The molecule has 1 unspecified atom stereocenters. The number of nitrogens with zero attached hydrogens (tertiary/aromatic N) is 4. The van der Waals surface area contributed by atoms with Gasteiger partial charge in [-0.1, -0.05) is 19.9 Å². The Morgan fingerprint density at radius 2 is 2.12 bits per heavy atom. The van der Waals surface area contributed by atoms with Crippen molar-refractivity contribution in [2.24, 2.45) is 5.73 Å². The molecule has 0 radical (unpaired) electrons. The lowest BCUT2D eigenvalue weighted by molar-refractivity contribution is -0.108. The van der Waals surface area contributed by atoms with Crippen molar-refractivity contribution >= 4 is 23.5 Å². The summed E-state index contributed by atoms with van der Waals surface area (Å²) in [6.45, 7) is 7.94. The Morgan fingerprint density at radius 1 is 1.30 bits per heavy atom. The summed E-state index contributed by atoms with van der Waals surface area (Å²) in [6, 6.07) is 5.81. The minimum absolute atomic E-state index is 0.128. The van der Waals surface area contributed by atoms with Crippen molar-refractivity contribution < 1.29 is 14.6 Å². The minimum atomic E-state index is 0.128. The molecule has 9 nitrogen and oxygen atoms in total. The fourth-order valence-corrected chi connectivity index (χ4v) is 3.51. The van der Waals surface area contributed by atoms with Gasteiger partial charge in [0.15, 0.2) is 5.82 Å². The van der Waals surface area contributed by atoms with Crippen molar-refractivity contribution in [2.45, 2.75) is 59.0 Å². The highest BCUT2D eigenvalue weighted by Crippen LogP contribution is 2.25. The summed E-state index contributed by atoms with van der Waals surface area (Å²) in [4.78, 5) is 26.4. The zero-order chi connectivity index (χ0) is 24.1. The molecule has 2 aromatic heterocycles. The average molecular weight is 457 g/mol. The fraction of sp³-hybridized carbons (Fsp3) is 0.500. The van der Waals surface area contributed by atoms with Crippen molar-refractivity contribution in [3.8, 4) is 5.88 Å². The lowest BCUT2D eigenvalue weighted by Gasteiger charge is -2.31. The highest BCUT2D eigenvalue weighted by atomic mass is 16.5. The monoisotopic (exact) mass is 456 g/mol. The van der Waals surface area contributed by atoms with Gasteiger partial charge in [0.05, 0.1) is 6.61 Å². The van der Waals surface area contributed by atoms with Crippen LogP contribution in [0.3, 0.4) is 0 Å². The molecular weight excluding hydrogens is 420 g/mol. The van der Waals surface area contributed by atoms with Gasteiger partial charge in [0.25, 0.3) is 0 Å². The van der Waals surface area contributed by atoms with Gasteiger partial charge in [0.1, 0.15) is 17.9 Å². The molecule has 0 bridgehead atoms. The van der Waals surface area contributed by atoms with Crippen LogP contribution in [0.25, 0.3) is 5.57 Å². The number of aromatic nitrogens is 3. The van der Waals surface area contributed by atoms with E-state index >= 15 is 0 Å². The Hall–Kier alpha value is -3.20. The van der Waals surface area contributed by atoms with Crippen molar-refractivity contribution in [2.75, 3.05) is 30.0 Å². The molecular formula is C24H36N6O3. The zero-order valence-electron chi connectivity index (χ0n) is 19.8. The van der Waals surface area contributed by atoms with Crippen LogP contribution in [0.15, 0.2) is 30.6 Å². The van der Waals surface area contributed by atoms with Gasteiger partial charge in [0, 0.05) is 62.3 Å². The predicted molar refractivity (Wildman–Crippen MR) is 131 cm³/mol. The van der Waals surface area contributed by atoms with Crippen LogP contribution < -0.4 is 20.7 Å². The van der Waals surface area contributed by atoms with Gasteiger partial charge >= 0.3 is 0 Å². The number of ether oxygens (including phenoxy) is 1. The SMILES string of the molecule is CC/C(=C/N)c1nc(NCc2ccc(OCCC=O)nc2)cc(N(CC)C(CC)CCO)n1. The van der Waals surface area contributed by atoms with Crippen LogP contribution in [0.5, 0.6) is 5.88 Å². The van der Waals surface area contributed by atoms with E-state index in [1.54, 1.807) is 18.5 Å². The molecule has 0 saturated heterocycles. The first-order chi connectivity index (χ1) is 16.1. The molecule has 33 heavy (non-hydrogen) atoms. The van der Waals surface area contributed by atoms with E-state index in [2.05, 4.69) is 34.0 Å². The van der Waals surface area contributed by atoms with Crippen LogP contribution in [-0.4, -0.2) is 52.1 Å². The van der Waals surface area contributed by atoms with E-state index < -0.39 is 0 Å². The number of hydrogen-bond acceptors (Lipinski definition) is 9. The summed E-state index contributed by atoms with van der Waals surface area (Å²) in [5.74, 6) is 2.57. The molecule has 0 aromatic carbocycles. The number of aliphatic hydroxyl groups excluding tert-OH is 1. The van der Waals surface area contributed by atoms with Gasteiger partial charge in [-0.3, -0.25) is 0 Å². The molecule has 0 aliphatic carbocycles. The highest BCUT2D eigenvalue weighted by molar-refractivity contribution is 5.63. The summed E-state index contributed by atoms with van der Waals surface area (Å²) < 4.78 is 5.41. The fourth-order valence-electron chi connectivity index (χ4n) is 3.51. The Kier molecular flexibility index (Phi) is 11.1. The number of nitrogens with two attached hydrogens (primary N) is 1. The summed E-state index contributed by atoms with van der Waals surface area (Å²) >= 11 is 0. The molecule has 0 amide bonds. The quantitative estimate of drug-likeness (QED) is 0.273. The molecule has 4 N–H and O–H groups in total. The number of aliphatic hydroxyl groups is 1. The van der Waals surface area contributed by atoms with Crippen LogP contribution in [0.1, 0.15) is 57.8 Å². The Labute approximate surface area is 196 Å². The molecule has 0 fully saturated rings. The summed E-state index contributed by atoms with van der Waals surface area (Å²) in [5, 5.41) is 12.9. The minimum Gasteiger partial charge on any atom is -0.477 e. The molecule has 0 aliphatic rings. The number of allylic oxidation sites excluding steroid dienone is 1. The van der Waals surface area contributed by atoms with E-state index in [0.29, 0.717) is 43.5 Å². The molecule has 2 rings (SSSR count). The molecule has 9 heteroatoms. The van der Waals surface area contributed by atoms with Gasteiger partial charge in [-0.15, -0.1) is 0 Å². The van der Waals surface area contributed by atoms with Crippen LogP contribution in [0.2, 0.25) is 0 Å². The van der Waals surface area contributed by atoms with E-state index in [4.69, 9.17) is 15.5 Å². The lowest BCUT2D eigenvalue weighted by atomic mass is 10.1. The van der Waals surface area contributed by atoms with E-state index in [-0.39, 0.29) is 12.6 Å². The normalized spacial score (nSPS) is 12.3. The van der Waals surface area contributed by atoms with E-state index in [1.807, 2.05) is 19.1 Å². The number of nitrogens with one attached hydrogen (secondary N) is 1. The topological polar surface area (TPSA) is 126 Å². The van der Waals surface area contributed by atoms with Crippen LogP contribution in [0.4, 0.5) is 11.6 Å². The second-order valence-electron chi connectivity index (χ2n) is 7.50. The van der Waals surface area contributed by atoms with E-state index in [1.165, 1.54) is 0 Å². The third-order valence-corrected chi connectivity index (χ3v) is 5.35. The molecule has 2 aromatic rings. The van der Waals surface area contributed by atoms with Gasteiger partial charge in [0.2, 0.25) is 5.88 Å². The molecule has 0 saturated carbocycles. The number of pyridine rings is 1. The predicted octanol–water partition coefficient (Wildman–Crippen LogP) is 3.15. The van der Waals surface area contributed by atoms with Crippen molar-refractivity contribution in [1.82, 2.24) is 15.0 Å². The Balaban J connectivity index is 2.25. The van der Waals surface area contributed by atoms with Crippen molar-refractivity contribution in [1.29, 1.82) is 0 Å². The first kappa shape index (κ1) is 26.1. The number of aldehydes is 1. The number of hydrogen-bond donors (Lipinski definition) is 3. The Bertz CT molecular complexity index is 888. The standard InChI is InChI=1S/C24H36N6O3/c1-4-19(15-25)24-28-21(14-22(29-24)30(6-3)20(5-2)10-12-32)26-16-18-8-9-23(27-17-18)33-13-7-11-31/h8-9,11,14-15,17,20,32H,4-7,10,12-13,16,25H2,1-3H3,(H,26,28,29)/b19-15-. The van der Waals surface area contributed by atoms with Crippen LogP contribution >= 0.6 is 0 Å². The second-order valence-corrected chi connectivity index (χ2v) is 7.50. The number of anilines is 2.